The van der Waals surface area contributed by atoms with Crippen molar-refractivity contribution < 1.29 is 19.5 Å². The minimum atomic E-state index is -0.753. The molecule has 1 aliphatic heterocycles. The summed E-state index contributed by atoms with van der Waals surface area (Å²) in [6.07, 6.45) is 0.863. The van der Waals surface area contributed by atoms with Crippen LogP contribution in [0.1, 0.15) is 30.2 Å². The molecule has 23 heavy (non-hydrogen) atoms. The van der Waals surface area contributed by atoms with Gasteiger partial charge in [-0.2, -0.15) is 0 Å². The lowest BCUT2D eigenvalue weighted by atomic mass is 9.90. The lowest BCUT2D eigenvalue weighted by Gasteiger charge is -2.33. The third kappa shape index (κ3) is 2.53. The van der Waals surface area contributed by atoms with Gasteiger partial charge in [-0.05, 0) is 37.1 Å². The van der Waals surface area contributed by atoms with Gasteiger partial charge in [-0.15, -0.1) is 0 Å². The summed E-state index contributed by atoms with van der Waals surface area (Å²) in [6.45, 7) is 2.39. The summed E-state index contributed by atoms with van der Waals surface area (Å²) < 4.78 is 10.7. The Morgan fingerprint density at radius 3 is 3.04 bits per heavy atom. The molecule has 2 heterocycles. The standard InChI is InChI=1S/C16H19N3O4/c1-16(8-13(20)22-2)14-10(5-6-23-16)11-7-9(15(17)19-21)3-4-12(11)18-14/h3-4,7,18,21H,5-6,8H2,1-2H3,(H2,17,19). The zero-order chi connectivity index (χ0) is 16.6. The number of hydrogen-bond donors (Lipinski definition) is 3. The molecular weight excluding hydrogens is 298 g/mol. The van der Waals surface area contributed by atoms with Gasteiger partial charge < -0.3 is 25.4 Å². The molecule has 1 aromatic heterocycles. The highest BCUT2D eigenvalue weighted by molar-refractivity contribution is 6.01. The number of rotatable bonds is 3. The summed E-state index contributed by atoms with van der Waals surface area (Å²) in [4.78, 5) is 15.1. The van der Waals surface area contributed by atoms with E-state index < -0.39 is 5.60 Å². The van der Waals surface area contributed by atoms with E-state index in [1.807, 2.05) is 19.1 Å². The first-order valence-electron chi connectivity index (χ1n) is 7.32. The van der Waals surface area contributed by atoms with Gasteiger partial charge in [0.2, 0.25) is 0 Å². The van der Waals surface area contributed by atoms with Crippen molar-refractivity contribution in [1.29, 1.82) is 0 Å². The molecule has 0 radical (unpaired) electrons. The van der Waals surface area contributed by atoms with Crippen LogP contribution >= 0.6 is 0 Å². The van der Waals surface area contributed by atoms with Gasteiger partial charge in [0.15, 0.2) is 5.84 Å². The summed E-state index contributed by atoms with van der Waals surface area (Å²) in [5.41, 5.74) is 8.45. The van der Waals surface area contributed by atoms with E-state index in [-0.39, 0.29) is 18.2 Å². The van der Waals surface area contributed by atoms with Crippen LogP contribution < -0.4 is 5.73 Å². The molecule has 7 heteroatoms. The van der Waals surface area contributed by atoms with Crippen LogP contribution in [0.5, 0.6) is 0 Å². The van der Waals surface area contributed by atoms with Crippen molar-refractivity contribution in [2.24, 2.45) is 10.9 Å². The highest BCUT2D eigenvalue weighted by Gasteiger charge is 2.38. The average molecular weight is 317 g/mol. The monoisotopic (exact) mass is 317 g/mol. The Hall–Kier alpha value is -2.54. The number of H-pyrrole nitrogens is 1. The molecule has 0 saturated carbocycles. The fourth-order valence-electron chi connectivity index (χ4n) is 3.11. The Labute approximate surface area is 133 Å². The van der Waals surface area contributed by atoms with E-state index in [2.05, 4.69) is 10.1 Å². The molecule has 2 aromatic rings. The van der Waals surface area contributed by atoms with Crippen LogP contribution in [0.15, 0.2) is 23.4 Å². The fraction of sp³-hybridized carbons (Fsp3) is 0.375. The number of ether oxygens (including phenoxy) is 2. The number of benzene rings is 1. The van der Waals surface area contributed by atoms with Gasteiger partial charge in [-0.25, -0.2) is 0 Å². The average Bonchev–Trinajstić information content (AvgIpc) is 2.93. The topological polar surface area (TPSA) is 110 Å². The predicted molar refractivity (Wildman–Crippen MR) is 84.5 cm³/mol. The largest absolute Gasteiger partial charge is 0.469 e. The Morgan fingerprint density at radius 1 is 1.57 bits per heavy atom. The minimum Gasteiger partial charge on any atom is -0.469 e. The number of methoxy groups -OCH3 is 1. The van der Waals surface area contributed by atoms with Gasteiger partial charge in [0.25, 0.3) is 0 Å². The molecule has 0 saturated heterocycles. The summed E-state index contributed by atoms with van der Waals surface area (Å²) in [6, 6.07) is 5.53. The number of oxime groups is 1. The zero-order valence-electron chi connectivity index (χ0n) is 13.0. The van der Waals surface area contributed by atoms with Gasteiger partial charge in [-0.3, -0.25) is 4.79 Å². The Bertz CT molecular complexity index is 796. The third-order valence-corrected chi connectivity index (χ3v) is 4.32. The molecule has 0 fully saturated rings. The lowest BCUT2D eigenvalue weighted by Crippen LogP contribution is -2.35. The molecule has 1 unspecified atom stereocenters. The number of esters is 1. The SMILES string of the molecule is COC(=O)CC1(C)OCCc2c1[nH]c1ccc(/C(N)=N\O)cc21. The second-order valence-corrected chi connectivity index (χ2v) is 5.81. The highest BCUT2D eigenvalue weighted by atomic mass is 16.5. The number of aromatic amines is 1. The van der Waals surface area contributed by atoms with Crippen LogP contribution in [0.4, 0.5) is 0 Å². The normalized spacial score (nSPS) is 21.2. The van der Waals surface area contributed by atoms with E-state index in [9.17, 15) is 4.79 Å². The Morgan fingerprint density at radius 2 is 2.35 bits per heavy atom. The van der Waals surface area contributed by atoms with Crippen molar-refractivity contribution in [3.8, 4) is 0 Å². The Balaban J connectivity index is 2.12. The number of carbonyl (C=O) groups excluding carboxylic acids is 1. The summed E-state index contributed by atoms with van der Waals surface area (Å²) >= 11 is 0. The number of aromatic nitrogens is 1. The molecule has 0 amide bonds. The van der Waals surface area contributed by atoms with Crippen molar-refractivity contribution in [3.63, 3.8) is 0 Å². The number of nitrogens with two attached hydrogens (primary N) is 1. The molecule has 1 aromatic carbocycles. The molecule has 0 spiro atoms. The number of fused-ring (bicyclic) bond motifs is 3. The first kappa shape index (κ1) is 15.4. The molecule has 1 aliphatic rings. The molecule has 122 valence electrons. The van der Waals surface area contributed by atoms with E-state index >= 15 is 0 Å². The van der Waals surface area contributed by atoms with Gasteiger partial charge in [0.05, 0.1) is 25.8 Å². The van der Waals surface area contributed by atoms with Crippen LogP contribution in [-0.2, 0) is 26.3 Å². The van der Waals surface area contributed by atoms with Crippen molar-refractivity contribution in [1.82, 2.24) is 4.98 Å². The summed E-state index contributed by atoms with van der Waals surface area (Å²) in [7, 11) is 1.36. The van der Waals surface area contributed by atoms with Crippen molar-refractivity contribution in [3.05, 3.63) is 35.0 Å². The molecule has 7 nitrogen and oxygen atoms in total. The van der Waals surface area contributed by atoms with E-state index in [0.717, 1.165) is 28.6 Å². The van der Waals surface area contributed by atoms with E-state index in [0.29, 0.717) is 12.2 Å². The first-order chi connectivity index (χ1) is 11.0. The fourth-order valence-corrected chi connectivity index (χ4v) is 3.11. The smallest absolute Gasteiger partial charge is 0.308 e. The molecule has 0 bridgehead atoms. The summed E-state index contributed by atoms with van der Waals surface area (Å²) in [5, 5.41) is 12.9. The second kappa shape index (κ2) is 5.58. The maximum absolute atomic E-state index is 11.7. The predicted octanol–water partition coefficient (Wildman–Crippen LogP) is 1.61. The first-order valence-corrected chi connectivity index (χ1v) is 7.32. The molecular formula is C16H19N3O4. The van der Waals surface area contributed by atoms with E-state index in [1.165, 1.54) is 7.11 Å². The minimum absolute atomic E-state index is 0.0613. The Kier molecular flexibility index (Phi) is 3.73. The van der Waals surface area contributed by atoms with Gasteiger partial charge >= 0.3 is 5.97 Å². The number of carbonyl (C=O) groups is 1. The van der Waals surface area contributed by atoms with E-state index in [4.69, 9.17) is 20.4 Å². The maximum Gasteiger partial charge on any atom is 0.308 e. The van der Waals surface area contributed by atoms with Crippen molar-refractivity contribution >= 4 is 22.7 Å². The second-order valence-electron chi connectivity index (χ2n) is 5.81. The quantitative estimate of drug-likeness (QED) is 0.262. The van der Waals surface area contributed by atoms with Crippen LogP contribution in [0.2, 0.25) is 0 Å². The number of nitrogens with one attached hydrogen (secondary N) is 1. The highest BCUT2D eigenvalue weighted by Crippen LogP contribution is 2.39. The van der Waals surface area contributed by atoms with Crippen molar-refractivity contribution in [2.45, 2.75) is 25.4 Å². The van der Waals surface area contributed by atoms with Crippen LogP contribution in [0.3, 0.4) is 0 Å². The van der Waals surface area contributed by atoms with Gasteiger partial charge in [0, 0.05) is 16.5 Å². The zero-order valence-corrected chi connectivity index (χ0v) is 13.0. The van der Waals surface area contributed by atoms with Crippen LogP contribution in [0.25, 0.3) is 10.9 Å². The molecule has 1 atom stereocenters. The molecule has 3 rings (SSSR count). The number of hydrogen-bond acceptors (Lipinski definition) is 5. The lowest BCUT2D eigenvalue weighted by molar-refractivity contribution is -0.150. The summed E-state index contributed by atoms with van der Waals surface area (Å²) in [5.74, 6) is -0.261. The molecule has 0 aliphatic carbocycles. The van der Waals surface area contributed by atoms with Crippen molar-refractivity contribution in [2.75, 3.05) is 13.7 Å². The maximum atomic E-state index is 11.7. The van der Waals surface area contributed by atoms with Crippen LogP contribution in [-0.4, -0.2) is 35.7 Å². The molecule has 4 N–H and O–H groups in total. The van der Waals surface area contributed by atoms with Gasteiger partial charge in [0.1, 0.15) is 5.60 Å². The van der Waals surface area contributed by atoms with Crippen LogP contribution in [0, 0.1) is 0 Å². The third-order valence-electron chi connectivity index (χ3n) is 4.32. The van der Waals surface area contributed by atoms with Gasteiger partial charge in [-0.1, -0.05) is 5.16 Å². The number of nitrogens with zero attached hydrogens (tertiary/aromatic N) is 1. The van der Waals surface area contributed by atoms with E-state index in [1.54, 1.807) is 6.07 Å². The number of amidine groups is 1.